The Morgan fingerprint density at radius 2 is 2.00 bits per heavy atom. The van der Waals surface area contributed by atoms with Crippen LogP contribution in [0.4, 0.5) is 4.79 Å². The molecule has 10 heteroatoms. The van der Waals surface area contributed by atoms with Gasteiger partial charge in [0.05, 0.1) is 44.7 Å². The van der Waals surface area contributed by atoms with Crippen molar-refractivity contribution in [2.75, 3.05) is 41.0 Å². The van der Waals surface area contributed by atoms with Crippen molar-refractivity contribution >= 4 is 28.9 Å². The van der Waals surface area contributed by atoms with Gasteiger partial charge < -0.3 is 24.6 Å². The lowest BCUT2D eigenvalue weighted by molar-refractivity contribution is -0.138. The van der Waals surface area contributed by atoms with Crippen molar-refractivity contribution < 1.29 is 33.7 Å². The summed E-state index contributed by atoms with van der Waals surface area (Å²) in [5.74, 6) is -0.813. The molecule has 1 aromatic carbocycles. The van der Waals surface area contributed by atoms with E-state index in [4.69, 9.17) is 19.3 Å². The number of carbonyl (C=O) groups excluding carboxylic acids is 2. The lowest BCUT2D eigenvalue weighted by Gasteiger charge is -2.46. The molecule has 3 unspecified atom stereocenters. The molecule has 0 spiro atoms. The number of hydrogen-bond donors (Lipinski definition) is 2. The minimum absolute atomic E-state index is 0.134. The van der Waals surface area contributed by atoms with Gasteiger partial charge in [0, 0.05) is 24.2 Å². The van der Waals surface area contributed by atoms with Gasteiger partial charge in [-0.2, -0.15) is 0 Å². The smallest absolute Gasteiger partial charge is 0.337 e. The average molecular weight is 500 g/mol. The van der Waals surface area contributed by atoms with Crippen LogP contribution in [0.5, 0.6) is 5.75 Å². The Hall–Kier alpha value is -3.53. The van der Waals surface area contributed by atoms with Crippen LogP contribution in [-0.2, 0) is 25.5 Å². The van der Waals surface area contributed by atoms with Crippen LogP contribution < -0.4 is 10.1 Å². The van der Waals surface area contributed by atoms with E-state index in [9.17, 15) is 14.4 Å². The Morgan fingerprint density at radius 1 is 1.22 bits per heavy atom. The minimum Gasteiger partial charge on any atom is -0.504 e. The van der Waals surface area contributed by atoms with Crippen molar-refractivity contribution in [2.24, 2.45) is 11.8 Å². The normalized spacial score (nSPS) is 21.9. The number of fused-ring (bicyclic) bond motifs is 5. The van der Waals surface area contributed by atoms with E-state index in [1.807, 2.05) is 18.2 Å². The third-order valence-electron chi connectivity index (χ3n) is 7.42. The number of carboxylic acids is 1. The summed E-state index contributed by atoms with van der Waals surface area (Å²) in [6, 6.07) is 4.86. The molecule has 0 radical (unpaired) electrons. The zero-order valence-corrected chi connectivity index (χ0v) is 21.1. The van der Waals surface area contributed by atoms with Crippen LogP contribution in [0, 0.1) is 11.8 Å². The van der Waals surface area contributed by atoms with Crippen LogP contribution in [0.1, 0.15) is 37.1 Å². The predicted molar refractivity (Wildman–Crippen MR) is 132 cm³/mol. The highest BCUT2D eigenvalue weighted by atomic mass is 16.5. The number of rotatable bonds is 7. The molecule has 194 valence electrons. The fourth-order valence-electron chi connectivity index (χ4n) is 5.88. The maximum Gasteiger partial charge on any atom is 0.337 e. The van der Waals surface area contributed by atoms with Crippen LogP contribution in [0.3, 0.4) is 0 Å². The largest absolute Gasteiger partial charge is 0.504 e. The first kappa shape index (κ1) is 25.6. The second kappa shape index (κ2) is 10.6. The zero-order chi connectivity index (χ0) is 26.0. The van der Waals surface area contributed by atoms with E-state index in [1.165, 1.54) is 20.5 Å². The van der Waals surface area contributed by atoms with E-state index in [2.05, 4.69) is 17.1 Å². The Morgan fingerprint density at radius 3 is 2.64 bits per heavy atom. The predicted octanol–water partition coefficient (Wildman–Crippen LogP) is 2.94. The van der Waals surface area contributed by atoms with E-state index in [0.29, 0.717) is 23.3 Å². The molecule has 1 amide bonds. The third-order valence-corrected chi connectivity index (χ3v) is 7.42. The fourth-order valence-corrected chi connectivity index (χ4v) is 5.88. The second-order valence-electron chi connectivity index (χ2n) is 9.18. The molecule has 1 fully saturated rings. The molecule has 2 aliphatic rings. The van der Waals surface area contributed by atoms with Gasteiger partial charge in [0.15, 0.2) is 0 Å². The van der Waals surface area contributed by atoms with E-state index in [-0.39, 0.29) is 17.9 Å². The first-order chi connectivity index (χ1) is 17.4. The van der Waals surface area contributed by atoms with E-state index < -0.39 is 24.5 Å². The number of nitrogens with zero attached hydrogens (tertiary/aromatic N) is 2. The Kier molecular flexibility index (Phi) is 7.53. The molecular weight excluding hydrogens is 466 g/mol. The van der Waals surface area contributed by atoms with Gasteiger partial charge in [-0.15, -0.1) is 0 Å². The molecular formula is C26H33N3O7. The molecule has 0 aliphatic carbocycles. The Balaban J connectivity index is 1.87. The molecule has 0 bridgehead atoms. The van der Waals surface area contributed by atoms with Crippen LogP contribution in [0.2, 0.25) is 0 Å². The maximum atomic E-state index is 13.4. The highest BCUT2D eigenvalue weighted by Crippen LogP contribution is 2.48. The lowest BCUT2D eigenvalue weighted by atomic mass is 9.74. The van der Waals surface area contributed by atoms with E-state index >= 15 is 0 Å². The second-order valence-corrected chi connectivity index (χ2v) is 9.18. The van der Waals surface area contributed by atoms with Gasteiger partial charge in [-0.1, -0.05) is 19.4 Å². The number of aromatic nitrogens is 1. The van der Waals surface area contributed by atoms with E-state index in [1.54, 1.807) is 11.7 Å². The standard InChI is InChI=1S/C26H33N3O7/c1-5-15-13-28-10-9-16-23-19(7-6-8-21(23)35-3)29(26(33)27-12-22(30)31)24(16)20(28)11-17(15)18(14-34-2)25(32)36-4/h6-8,14-15,17,20H,5,9-13H2,1-4H3,(H,27,33)(H,30,31)/b18-14+. The van der Waals surface area contributed by atoms with Gasteiger partial charge >= 0.3 is 18.0 Å². The molecule has 3 atom stereocenters. The number of esters is 1. The van der Waals surface area contributed by atoms with Crippen molar-refractivity contribution in [1.29, 1.82) is 0 Å². The molecule has 1 aromatic heterocycles. The Bertz CT molecular complexity index is 1200. The lowest BCUT2D eigenvalue weighted by Crippen LogP contribution is -2.48. The van der Waals surface area contributed by atoms with Crippen molar-refractivity contribution in [2.45, 2.75) is 32.2 Å². The number of piperidine rings is 1. The van der Waals surface area contributed by atoms with Crippen molar-refractivity contribution in [3.63, 3.8) is 0 Å². The van der Waals surface area contributed by atoms with Gasteiger partial charge in [0.1, 0.15) is 12.3 Å². The summed E-state index contributed by atoms with van der Waals surface area (Å²) in [5.41, 5.74) is 2.97. The zero-order valence-electron chi connectivity index (χ0n) is 21.1. The van der Waals surface area contributed by atoms with Gasteiger partial charge in [0.25, 0.3) is 0 Å². The average Bonchev–Trinajstić information content (AvgIpc) is 3.24. The number of carbonyl (C=O) groups is 3. The number of aliphatic carboxylic acids is 1. The quantitative estimate of drug-likeness (QED) is 0.339. The number of amides is 1. The number of methoxy groups -OCH3 is 3. The molecule has 10 nitrogen and oxygen atoms in total. The first-order valence-electron chi connectivity index (χ1n) is 12.1. The molecule has 2 aromatic rings. The first-order valence-corrected chi connectivity index (χ1v) is 12.1. The number of benzene rings is 1. The summed E-state index contributed by atoms with van der Waals surface area (Å²) in [5, 5.41) is 12.5. The summed E-state index contributed by atoms with van der Waals surface area (Å²) >= 11 is 0. The maximum absolute atomic E-state index is 13.4. The fraction of sp³-hybridized carbons (Fsp3) is 0.500. The summed E-state index contributed by atoms with van der Waals surface area (Å²) in [4.78, 5) is 39.6. The van der Waals surface area contributed by atoms with Crippen LogP contribution in [-0.4, -0.2) is 73.5 Å². The van der Waals surface area contributed by atoms with Crippen molar-refractivity contribution in [1.82, 2.24) is 14.8 Å². The molecule has 2 aliphatic heterocycles. The Labute approximate surface area is 209 Å². The topological polar surface area (TPSA) is 119 Å². The number of carboxylic acid groups (broad SMARTS) is 1. The molecule has 2 N–H and O–H groups in total. The van der Waals surface area contributed by atoms with Crippen LogP contribution in [0.15, 0.2) is 30.0 Å². The summed E-state index contributed by atoms with van der Waals surface area (Å²) in [6.45, 7) is 3.17. The molecule has 0 saturated carbocycles. The van der Waals surface area contributed by atoms with Gasteiger partial charge in [-0.3, -0.25) is 14.3 Å². The molecule has 1 saturated heterocycles. The van der Waals surface area contributed by atoms with Crippen LogP contribution in [0.25, 0.3) is 10.9 Å². The van der Waals surface area contributed by atoms with Crippen molar-refractivity contribution in [3.8, 4) is 5.75 Å². The molecule has 36 heavy (non-hydrogen) atoms. The SMILES string of the molecule is CCC1CN2CCc3c(n(C(=O)NCC(=O)O)c4cccc(OC)c34)C2CC1/C(=C\OC)C(=O)OC. The van der Waals surface area contributed by atoms with Gasteiger partial charge in [-0.05, 0) is 42.4 Å². The highest BCUT2D eigenvalue weighted by molar-refractivity contribution is 5.99. The monoisotopic (exact) mass is 499 g/mol. The number of ether oxygens (including phenoxy) is 3. The summed E-state index contributed by atoms with van der Waals surface area (Å²) in [7, 11) is 4.46. The summed E-state index contributed by atoms with van der Waals surface area (Å²) in [6.07, 6.45) is 3.65. The molecule has 4 rings (SSSR count). The number of nitrogens with one attached hydrogen (secondary N) is 1. The summed E-state index contributed by atoms with van der Waals surface area (Å²) < 4.78 is 17.6. The van der Waals surface area contributed by atoms with Crippen LogP contribution >= 0.6 is 0 Å². The van der Waals surface area contributed by atoms with Gasteiger partial charge in [-0.25, -0.2) is 9.59 Å². The van der Waals surface area contributed by atoms with E-state index in [0.717, 1.165) is 42.6 Å². The minimum atomic E-state index is -1.12. The molecule has 3 heterocycles. The highest BCUT2D eigenvalue weighted by Gasteiger charge is 2.44. The third kappa shape index (κ3) is 4.41. The van der Waals surface area contributed by atoms with Gasteiger partial charge in [0.2, 0.25) is 0 Å². The van der Waals surface area contributed by atoms with Crippen molar-refractivity contribution in [3.05, 3.63) is 41.3 Å². The number of hydrogen-bond acceptors (Lipinski definition) is 7.